The highest BCUT2D eigenvalue weighted by Gasteiger charge is 2.26. The van der Waals surface area contributed by atoms with Crippen molar-refractivity contribution < 1.29 is 4.79 Å². The van der Waals surface area contributed by atoms with Gasteiger partial charge in [-0.1, -0.05) is 32.1 Å². The normalized spacial score (nSPS) is 23.9. The van der Waals surface area contributed by atoms with Crippen molar-refractivity contribution in [3.05, 3.63) is 0 Å². The second-order valence-corrected chi connectivity index (χ2v) is 6.59. The van der Waals surface area contributed by atoms with E-state index in [9.17, 15) is 4.79 Å². The molecule has 1 aliphatic rings. The van der Waals surface area contributed by atoms with Crippen molar-refractivity contribution in [2.24, 2.45) is 11.7 Å². The Kier molecular flexibility index (Phi) is 9.35. The molecule has 3 nitrogen and oxygen atoms in total. The molecule has 0 aromatic rings. The fourth-order valence-electron chi connectivity index (χ4n) is 2.73. The van der Waals surface area contributed by atoms with Gasteiger partial charge in [0.25, 0.3) is 0 Å². The molecule has 2 atom stereocenters. The molecule has 1 rings (SSSR count). The summed E-state index contributed by atoms with van der Waals surface area (Å²) in [6, 6.07) is 0.0732. The maximum Gasteiger partial charge on any atom is 0.224 e. The van der Waals surface area contributed by atoms with Gasteiger partial charge >= 0.3 is 0 Å². The standard InChI is InChI=1S/C15H30N2OS/c1-19-12-8-3-2-7-11-17-15(18)13-9-5-4-6-10-14(13)16/h13-14H,2-12,16H2,1H3,(H,17,18). The van der Waals surface area contributed by atoms with Crippen LogP contribution in [-0.2, 0) is 4.79 Å². The predicted octanol–water partition coefficient (Wildman–Crippen LogP) is 2.93. The van der Waals surface area contributed by atoms with E-state index >= 15 is 0 Å². The first-order chi connectivity index (χ1) is 9.25. The molecule has 0 bridgehead atoms. The van der Waals surface area contributed by atoms with Gasteiger partial charge in [-0.2, -0.15) is 11.8 Å². The second kappa shape index (κ2) is 10.6. The second-order valence-electron chi connectivity index (χ2n) is 5.61. The van der Waals surface area contributed by atoms with Crippen LogP contribution in [0.15, 0.2) is 0 Å². The molecule has 0 heterocycles. The first-order valence-corrected chi connectivity index (χ1v) is 9.17. The maximum atomic E-state index is 12.1. The number of amides is 1. The van der Waals surface area contributed by atoms with Crippen molar-refractivity contribution in [1.82, 2.24) is 5.32 Å². The molecule has 112 valence electrons. The number of hydrogen-bond donors (Lipinski definition) is 2. The van der Waals surface area contributed by atoms with Gasteiger partial charge in [0.05, 0.1) is 5.92 Å². The minimum Gasteiger partial charge on any atom is -0.356 e. The van der Waals surface area contributed by atoms with E-state index in [1.165, 1.54) is 37.9 Å². The Balaban J connectivity index is 2.09. The number of carbonyl (C=O) groups excluding carboxylic acids is 1. The molecule has 19 heavy (non-hydrogen) atoms. The smallest absolute Gasteiger partial charge is 0.224 e. The molecule has 0 spiro atoms. The average molecular weight is 286 g/mol. The Morgan fingerprint density at radius 1 is 1.16 bits per heavy atom. The molecule has 0 saturated heterocycles. The van der Waals surface area contributed by atoms with Crippen molar-refractivity contribution in [3.63, 3.8) is 0 Å². The number of thioether (sulfide) groups is 1. The van der Waals surface area contributed by atoms with Gasteiger partial charge < -0.3 is 11.1 Å². The molecule has 1 saturated carbocycles. The van der Waals surface area contributed by atoms with Gasteiger partial charge in [-0.15, -0.1) is 0 Å². The summed E-state index contributed by atoms with van der Waals surface area (Å²) in [5, 5.41) is 3.08. The van der Waals surface area contributed by atoms with Gasteiger partial charge in [0, 0.05) is 12.6 Å². The van der Waals surface area contributed by atoms with Gasteiger partial charge in [-0.3, -0.25) is 4.79 Å². The highest BCUT2D eigenvalue weighted by molar-refractivity contribution is 7.98. The van der Waals surface area contributed by atoms with Crippen LogP contribution in [0.1, 0.15) is 57.8 Å². The molecule has 0 aromatic carbocycles. The molecule has 1 aliphatic carbocycles. The molecular weight excluding hydrogens is 256 g/mol. The summed E-state index contributed by atoms with van der Waals surface area (Å²) in [6.07, 6.45) is 12.6. The summed E-state index contributed by atoms with van der Waals surface area (Å²) in [7, 11) is 0. The molecule has 3 N–H and O–H groups in total. The fourth-order valence-corrected chi connectivity index (χ4v) is 3.22. The summed E-state index contributed by atoms with van der Waals surface area (Å²) >= 11 is 1.91. The zero-order valence-corrected chi connectivity index (χ0v) is 13.1. The third kappa shape index (κ3) is 7.21. The van der Waals surface area contributed by atoms with E-state index in [1.807, 2.05) is 11.8 Å². The van der Waals surface area contributed by atoms with Crippen LogP contribution in [0.4, 0.5) is 0 Å². The van der Waals surface area contributed by atoms with E-state index in [0.29, 0.717) is 0 Å². The lowest BCUT2D eigenvalue weighted by Crippen LogP contribution is -2.41. The molecular formula is C15H30N2OS. The summed E-state index contributed by atoms with van der Waals surface area (Å²) in [6.45, 7) is 0.821. The molecule has 0 radical (unpaired) electrons. The van der Waals surface area contributed by atoms with E-state index in [2.05, 4.69) is 11.6 Å². The predicted molar refractivity (Wildman–Crippen MR) is 84.4 cm³/mol. The minimum atomic E-state index is 0.0546. The van der Waals surface area contributed by atoms with Gasteiger partial charge in [0.15, 0.2) is 0 Å². The van der Waals surface area contributed by atoms with Crippen LogP contribution in [0.25, 0.3) is 0 Å². The monoisotopic (exact) mass is 286 g/mol. The van der Waals surface area contributed by atoms with Crippen molar-refractivity contribution >= 4 is 17.7 Å². The fraction of sp³-hybridized carbons (Fsp3) is 0.933. The van der Waals surface area contributed by atoms with E-state index < -0.39 is 0 Å². The van der Waals surface area contributed by atoms with Crippen LogP contribution in [0.2, 0.25) is 0 Å². The SMILES string of the molecule is CSCCCCCCNC(=O)C1CCCCCC1N. The van der Waals surface area contributed by atoms with Gasteiger partial charge in [-0.05, 0) is 37.7 Å². The Hall–Kier alpha value is -0.220. The Labute approximate surface area is 122 Å². The van der Waals surface area contributed by atoms with Gasteiger partial charge in [0.1, 0.15) is 0 Å². The third-order valence-corrected chi connectivity index (χ3v) is 4.68. The van der Waals surface area contributed by atoms with Crippen molar-refractivity contribution in [3.8, 4) is 0 Å². The van der Waals surface area contributed by atoms with Crippen LogP contribution in [0.3, 0.4) is 0 Å². The maximum absolute atomic E-state index is 12.1. The molecule has 0 aromatic heterocycles. The first-order valence-electron chi connectivity index (χ1n) is 7.78. The number of unbranched alkanes of at least 4 members (excludes halogenated alkanes) is 3. The largest absolute Gasteiger partial charge is 0.356 e. The molecule has 4 heteroatoms. The molecule has 1 amide bonds. The van der Waals surface area contributed by atoms with Crippen LogP contribution in [0.5, 0.6) is 0 Å². The lowest BCUT2D eigenvalue weighted by atomic mass is 9.94. The van der Waals surface area contributed by atoms with Crippen molar-refractivity contribution in [2.45, 2.75) is 63.8 Å². The van der Waals surface area contributed by atoms with Crippen molar-refractivity contribution in [2.75, 3.05) is 18.6 Å². The number of nitrogens with one attached hydrogen (secondary N) is 1. The van der Waals surface area contributed by atoms with Crippen LogP contribution in [-0.4, -0.2) is 30.5 Å². The lowest BCUT2D eigenvalue weighted by molar-refractivity contribution is -0.125. The van der Waals surface area contributed by atoms with E-state index in [-0.39, 0.29) is 17.9 Å². The van der Waals surface area contributed by atoms with Gasteiger partial charge in [-0.25, -0.2) is 0 Å². The number of rotatable bonds is 8. The summed E-state index contributed by atoms with van der Waals surface area (Å²) in [5.74, 6) is 1.50. The summed E-state index contributed by atoms with van der Waals surface area (Å²) in [4.78, 5) is 12.1. The Bertz CT molecular complexity index is 248. The van der Waals surface area contributed by atoms with Crippen LogP contribution >= 0.6 is 11.8 Å². The van der Waals surface area contributed by atoms with Crippen molar-refractivity contribution in [1.29, 1.82) is 0 Å². The highest BCUT2D eigenvalue weighted by Crippen LogP contribution is 2.22. The zero-order valence-electron chi connectivity index (χ0n) is 12.3. The first kappa shape index (κ1) is 16.8. The Morgan fingerprint density at radius 3 is 2.68 bits per heavy atom. The van der Waals surface area contributed by atoms with E-state index in [0.717, 1.165) is 32.2 Å². The summed E-state index contributed by atoms with van der Waals surface area (Å²) < 4.78 is 0. The van der Waals surface area contributed by atoms with Crippen LogP contribution < -0.4 is 11.1 Å². The van der Waals surface area contributed by atoms with E-state index in [1.54, 1.807) is 0 Å². The zero-order chi connectivity index (χ0) is 13.9. The number of carbonyl (C=O) groups is 1. The average Bonchev–Trinajstić information content (AvgIpc) is 2.62. The molecule has 2 unspecified atom stereocenters. The number of nitrogens with two attached hydrogens (primary N) is 1. The van der Waals surface area contributed by atoms with Crippen LogP contribution in [0, 0.1) is 5.92 Å². The molecule has 0 aliphatic heterocycles. The summed E-state index contributed by atoms with van der Waals surface area (Å²) in [5.41, 5.74) is 6.10. The van der Waals surface area contributed by atoms with Gasteiger partial charge in [0.2, 0.25) is 5.91 Å². The highest BCUT2D eigenvalue weighted by atomic mass is 32.2. The number of hydrogen-bond acceptors (Lipinski definition) is 3. The third-order valence-electron chi connectivity index (χ3n) is 3.98. The molecule has 1 fully saturated rings. The minimum absolute atomic E-state index is 0.0546. The topological polar surface area (TPSA) is 55.1 Å². The quantitative estimate of drug-likeness (QED) is 0.533. The van der Waals surface area contributed by atoms with E-state index in [4.69, 9.17) is 5.73 Å². The Morgan fingerprint density at radius 2 is 1.89 bits per heavy atom. The lowest BCUT2D eigenvalue weighted by Gasteiger charge is -2.20.